The maximum Gasteiger partial charge on any atom is 0.315 e. The van der Waals surface area contributed by atoms with Crippen LogP contribution in [-0.4, -0.2) is 24.8 Å². The van der Waals surface area contributed by atoms with Gasteiger partial charge < -0.3 is 16.4 Å². The lowest BCUT2D eigenvalue weighted by atomic mass is 9.97. The van der Waals surface area contributed by atoms with Crippen molar-refractivity contribution in [3.05, 3.63) is 34.9 Å². The summed E-state index contributed by atoms with van der Waals surface area (Å²) in [6.07, 6.45) is 1.15. The van der Waals surface area contributed by atoms with E-state index >= 15 is 0 Å². The lowest BCUT2D eigenvalue weighted by Gasteiger charge is -2.16. The molecule has 4 unspecified atom stereocenters. The Morgan fingerprint density at radius 3 is 3.00 bits per heavy atom. The molecule has 1 fully saturated rings. The van der Waals surface area contributed by atoms with Crippen LogP contribution in [0.2, 0.25) is 5.02 Å². The van der Waals surface area contributed by atoms with Gasteiger partial charge in [0.25, 0.3) is 0 Å². The SMILES string of the molecule is CC(NC(=O)NCCCC1NNC(N)C1C#N)c1cccc(Cl)c1. The summed E-state index contributed by atoms with van der Waals surface area (Å²) in [5, 5.41) is 15.4. The van der Waals surface area contributed by atoms with Gasteiger partial charge in [-0.3, -0.25) is 5.43 Å². The number of nitriles is 1. The lowest BCUT2D eigenvalue weighted by Crippen LogP contribution is -2.39. The normalized spacial score (nSPS) is 24.2. The number of hydrogen-bond acceptors (Lipinski definition) is 5. The number of hydrazine groups is 1. The van der Waals surface area contributed by atoms with Gasteiger partial charge in [0.2, 0.25) is 0 Å². The molecule has 0 aliphatic carbocycles. The third kappa shape index (κ3) is 5.08. The third-order valence-electron chi connectivity index (χ3n) is 4.08. The highest BCUT2D eigenvalue weighted by Crippen LogP contribution is 2.17. The van der Waals surface area contributed by atoms with E-state index in [0.717, 1.165) is 18.4 Å². The summed E-state index contributed by atoms with van der Waals surface area (Å²) in [5.74, 6) is -0.262. The Kier molecular flexibility index (Phi) is 6.82. The minimum absolute atomic E-state index is 0.000227. The molecular weight excluding hydrogens is 328 g/mol. The van der Waals surface area contributed by atoms with Crippen LogP contribution >= 0.6 is 11.6 Å². The Morgan fingerprint density at radius 2 is 2.29 bits per heavy atom. The minimum Gasteiger partial charge on any atom is -0.338 e. The third-order valence-corrected chi connectivity index (χ3v) is 4.31. The molecule has 4 atom stereocenters. The topological polar surface area (TPSA) is 115 Å². The van der Waals surface area contributed by atoms with Crippen LogP contribution in [0.25, 0.3) is 0 Å². The number of nitrogens with zero attached hydrogens (tertiary/aromatic N) is 1. The highest BCUT2D eigenvalue weighted by atomic mass is 35.5. The van der Waals surface area contributed by atoms with Crippen molar-refractivity contribution < 1.29 is 4.79 Å². The fourth-order valence-corrected chi connectivity index (χ4v) is 2.88. The molecule has 8 heteroatoms. The van der Waals surface area contributed by atoms with Crippen molar-refractivity contribution in [3.8, 4) is 6.07 Å². The van der Waals surface area contributed by atoms with E-state index in [0.29, 0.717) is 11.6 Å². The first-order valence-electron chi connectivity index (χ1n) is 7.97. The maximum absolute atomic E-state index is 11.9. The van der Waals surface area contributed by atoms with Crippen molar-refractivity contribution in [2.75, 3.05) is 6.54 Å². The van der Waals surface area contributed by atoms with Crippen molar-refractivity contribution in [2.45, 2.75) is 38.0 Å². The predicted molar refractivity (Wildman–Crippen MR) is 92.8 cm³/mol. The smallest absolute Gasteiger partial charge is 0.315 e. The number of carbonyl (C=O) groups is 1. The van der Waals surface area contributed by atoms with Crippen LogP contribution in [0.1, 0.15) is 31.4 Å². The molecule has 24 heavy (non-hydrogen) atoms. The summed E-state index contributed by atoms with van der Waals surface area (Å²) in [7, 11) is 0. The number of nitrogens with two attached hydrogens (primary N) is 1. The highest BCUT2D eigenvalue weighted by Gasteiger charge is 2.32. The van der Waals surface area contributed by atoms with Crippen molar-refractivity contribution in [1.82, 2.24) is 21.5 Å². The molecule has 1 aliphatic heterocycles. The number of urea groups is 1. The Balaban J connectivity index is 1.67. The maximum atomic E-state index is 11.9. The first-order chi connectivity index (χ1) is 11.5. The van der Waals surface area contributed by atoms with E-state index in [1.165, 1.54) is 0 Å². The van der Waals surface area contributed by atoms with E-state index in [9.17, 15) is 4.79 Å². The van der Waals surface area contributed by atoms with Crippen molar-refractivity contribution in [3.63, 3.8) is 0 Å². The van der Waals surface area contributed by atoms with E-state index in [4.69, 9.17) is 22.6 Å². The largest absolute Gasteiger partial charge is 0.338 e. The number of rotatable bonds is 6. The van der Waals surface area contributed by atoms with Crippen LogP contribution in [0.15, 0.2) is 24.3 Å². The molecule has 1 aromatic rings. The van der Waals surface area contributed by atoms with Gasteiger partial charge in [0.1, 0.15) is 0 Å². The molecule has 7 nitrogen and oxygen atoms in total. The quantitative estimate of drug-likeness (QED) is 0.497. The van der Waals surface area contributed by atoms with Crippen molar-refractivity contribution in [2.24, 2.45) is 11.7 Å². The number of amides is 2. The van der Waals surface area contributed by atoms with E-state index in [1.807, 2.05) is 25.1 Å². The molecule has 0 saturated carbocycles. The van der Waals surface area contributed by atoms with E-state index in [-0.39, 0.29) is 30.2 Å². The average Bonchev–Trinajstić information content (AvgIpc) is 2.91. The lowest BCUT2D eigenvalue weighted by molar-refractivity contribution is 0.237. The van der Waals surface area contributed by atoms with Gasteiger partial charge in [-0.05, 0) is 37.5 Å². The van der Waals surface area contributed by atoms with Gasteiger partial charge in [0.05, 0.1) is 24.2 Å². The molecule has 0 radical (unpaired) electrons. The molecule has 1 saturated heterocycles. The van der Waals surface area contributed by atoms with Crippen LogP contribution in [0.5, 0.6) is 0 Å². The van der Waals surface area contributed by atoms with Crippen LogP contribution < -0.4 is 27.2 Å². The van der Waals surface area contributed by atoms with Gasteiger partial charge in [-0.15, -0.1) is 0 Å². The summed E-state index contributed by atoms with van der Waals surface area (Å²) < 4.78 is 0. The van der Waals surface area contributed by atoms with E-state index < -0.39 is 0 Å². The van der Waals surface area contributed by atoms with Gasteiger partial charge in [-0.1, -0.05) is 23.7 Å². The standard InChI is InChI=1S/C16H23ClN6O/c1-10(11-4-2-5-12(17)8-11)21-16(24)20-7-3-6-14-13(9-18)15(19)23-22-14/h2,4-5,8,10,13-15,22-23H,3,6-7,19H2,1H3,(H2,20,21,24). The van der Waals surface area contributed by atoms with Crippen LogP contribution in [0.3, 0.4) is 0 Å². The molecule has 0 aromatic heterocycles. The van der Waals surface area contributed by atoms with Crippen molar-refractivity contribution in [1.29, 1.82) is 5.26 Å². The van der Waals surface area contributed by atoms with Gasteiger partial charge in [0.15, 0.2) is 0 Å². The zero-order valence-corrected chi connectivity index (χ0v) is 14.3. The molecular formula is C16H23ClN6O. The molecule has 1 heterocycles. The first-order valence-corrected chi connectivity index (χ1v) is 8.35. The van der Waals surface area contributed by atoms with Gasteiger partial charge in [-0.2, -0.15) is 5.26 Å². The summed E-state index contributed by atoms with van der Waals surface area (Å²) in [5.41, 5.74) is 12.6. The van der Waals surface area contributed by atoms with Crippen LogP contribution in [0.4, 0.5) is 4.79 Å². The summed E-state index contributed by atoms with van der Waals surface area (Å²) in [6, 6.07) is 9.24. The Bertz CT molecular complexity index is 604. The second kappa shape index (κ2) is 8.85. The van der Waals surface area contributed by atoms with Crippen LogP contribution in [-0.2, 0) is 0 Å². The average molecular weight is 351 g/mol. The molecule has 2 rings (SSSR count). The molecule has 1 aliphatic rings. The van der Waals surface area contributed by atoms with Gasteiger partial charge in [0, 0.05) is 17.6 Å². The second-order valence-corrected chi connectivity index (χ2v) is 6.33. The second-order valence-electron chi connectivity index (χ2n) is 5.89. The zero-order valence-electron chi connectivity index (χ0n) is 13.6. The zero-order chi connectivity index (χ0) is 17.5. The Morgan fingerprint density at radius 1 is 1.50 bits per heavy atom. The molecule has 130 valence electrons. The predicted octanol–water partition coefficient (Wildman–Crippen LogP) is 1.38. The van der Waals surface area contributed by atoms with E-state index in [1.54, 1.807) is 6.07 Å². The van der Waals surface area contributed by atoms with E-state index in [2.05, 4.69) is 27.6 Å². The van der Waals surface area contributed by atoms with Gasteiger partial charge >= 0.3 is 6.03 Å². The fourth-order valence-electron chi connectivity index (χ4n) is 2.69. The number of carbonyl (C=O) groups excluding carboxylic acids is 1. The minimum atomic E-state index is -0.352. The Hall–Kier alpha value is -1.85. The number of nitrogens with one attached hydrogen (secondary N) is 4. The first kappa shape index (κ1) is 18.5. The summed E-state index contributed by atoms with van der Waals surface area (Å²) >= 11 is 5.95. The fraction of sp³-hybridized carbons (Fsp3) is 0.500. The number of hydrogen-bond donors (Lipinski definition) is 5. The van der Waals surface area contributed by atoms with Crippen LogP contribution in [0, 0.1) is 17.2 Å². The summed E-state index contributed by atoms with van der Waals surface area (Å²) in [4.78, 5) is 11.9. The highest BCUT2D eigenvalue weighted by molar-refractivity contribution is 6.30. The Labute approximate surface area is 146 Å². The number of halogens is 1. The molecule has 1 aromatic carbocycles. The molecule has 2 amide bonds. The monoisotopic (exact) mass is 350 g/mol. The number of benzene rings is 1. The molecule has 6 N–H and O–H groups in total. The molecule has 0 spiro atoms. The van der Waals surface area contributed by atoms with Crippen molar-refractivity contribution >= 4 is 17.6 Å². The van der Waals surface area contributed by atoms with Gasteiger partial charge in [-0.25, -0.2) is 10.2 Å². The summed E-state index contributed by atoms with van der Waals surface area (Å²) in [6.45, 7) is 2.43. The molecule has 0 bridgehead atoms.